The molecule has 11 heteroatoms. The van der Waals surface area contributed by atoms with Gasteiger partial charge in [-0.25, -0.2) is 19.2 Å². The van der Waals surface area contributed by atoms with Crippen molar-refractivity contribution < 1.29 is 33.3 Å². The monoisotopic (exact) mass is 612 g/mol. The van der Waals surface area contributed by atoms with E-state index in [9.17, 15) is 24.0 Å². The van der Waals surface area contributed by atoms with Gasteiger partial charge in [0.05, 0.1) is 16.7 Å². The topological polar surface area (TPSA) is 143 Å². The Morgan fingerprint density at radius 1 is 0.689 bits per heavy atom. The van der Waals surface area contributed by atoms with Crippen molar-refractivity contribution in [3.63, 3.8) is 0 Å². The Labute approximate surface area is 258 Å². The molecule has 4 atom stereocenters. The Balaban J connectivity index is 1.52. The number of rotatable bonds is 8. The van der Waals surface area contributed by atoms with Crippen LogP contribution in [0.5, 0.6) is 0 Å². The smallest absolute Gasteiger partial charge is 0.338 e. The molecule has 0 aliphatic carbocycles. The van der Waals surface area contributed by atoms with Gasteiger partial charge in [0.25, 0.3) is 5.56 Å². The first-order valence-electron chi connectivity index (χ1n) is 14.3. The second-order valence-corrected chi connectivity index (χ2v) is 11.0. The Morgan fingerprint density at radius 3 is 1.62 bits per heavy atom. The van der Waals surface area contributed by atoms with Gasteiger partial charge in [0.2, 0.25) is 0 Å². The van der Waals surface area contributed by atoms with Gasteiger partial charge in [0, 0.05) is 11.8 Å². The number of aryl methyl sites for hydroxylation is 4. The summed E-state index contributed by atoms with van der Waals surface area (Å²) in [5.41, 5.74) is 2.26. The molecule has 1 fully saturated rings. The van der Waals surface area contributed by atoms with Crippen molar-refractivity contribution in [3.05, 3.63) is 139 Å². The zero-order chi connectivity index (χ0) is 32.2. The summed E-state index contributed by atoms with van der Waals surface area (Å²) in [6.07, 6.45) is -3.99. The summed E-state index contributed by atoms with van der Waals surface area (Å²) in [4.78, 5) is 66.9. The van der Waals surface area contributed by atoms with Crippen LogP contribution < -0.4 is 11.2 Å². The first kappa shape index (κ1) is 31.1. The summed E-state index contributed by atoms with van der Waals surface area (Å²) in [6, 6.07) is 20.0. The highest BCUT2D eigenvalue weighted by molar-refractivity contribution is 5.91. The Kier molecular flexibility index (Phi) is 9.10. The fourth-order valence-electron chi connectivity index (χ4n) is 4.80. The van der Waals surface area contributed by atoms with Gasteiger partial charge in [-0.2, -0.15) is 0 Å². The Bertz CT molecular complexity index is 1820. The van der Waals surface area contributed by atoms with Crippen molar-refractivity contribution in [1.82, 2.24) is 9.55 Å². The molecule has 232 valence electrons. The summed E-state index contributed by atoms with van der Waals surface area (Å²) >= 11 is 0. The minimum absolute atomic E-state index is 0.185. The van der Waals surface area contributed by atoms with Crippen LogP contribution in [0.4, 0.5) is 0 Å². The Morgan fingerprint density at radius 2 is 1.13 bits per heavy atom. The van der Waals surface area contributed by atoms with E-state index in [1.165, 1.54) is 13.1 Å². The summed E-state index contributed by atoms with van der Waals surface area (Å²) < 4.78 is 24.6. The number of H-pyrrole nitrogens is 1. The molecule has 0 amide bonds. The van der Waals surface area contributed by atoms with Gasteiger partial charge in [-0.05, 0) is 64.1 Å². The lowest BCUT2D eigenvalue weighted by atomic mass is 10.1. The maximum absolute atomic E-state index is 13.4. The summed E-state index contributed by atoms with van der Waals surface area (Å²) in [5.74, 6) is -2.17. The molecule has 1 N–H and O–H groups in total. The molecule has 5 rings (SSSR count). The predicted molar refractivity (Wildman–Crippen MR) is 162 cm³/mol. The quantitative estimate of drug-likeness (QED) is 0.231. The molecule has 0 unspecified atom stereocenters. The van der Waals surface area contributed by atoms with Crippen LogP contribution in [0.2, 0.25) is 0 Å². The molecule has 4 aromatic rings. The number of carbonyl (C=O) groups excluding carboxylic acids is 3. The van der Waals surface area contributed by atoms with Gasteiger partial charge in [-0.15, -0.1) is 0 Å². The van der Waals surface area contributed by atoms with Gasteiger partial charge >= 0.3 is 23.6 Å². The average molecular weight is 613 g/mol. The number of benzene rings is 3. The molecule has 0 saturated carbocycles. The first-order chi connectivity index (χ1) is 21.5. The van der Waals surface area contributed by atoms with E-state index in [2.05, 4.69) is 4.98 Å². The lowest BCUT2D eigenvalue weighted by Crippen LogP contribution is -2.43. The molecule has 45 heavy (non-hydrogen) atoms. The van der Waals surface area contributed by atoms with Crippen LogP contribution in [0, 0.1) is 27.7 Å². The molecule has 11 nitrogen and oxygen atoms in total. The van der Waals surface area contributed by atoms with E-state index in [-0.39, 0.29) is 22.3 Å². The molecule has 1 aliphatic heterocycles. The maximum atomic E-state index is 13.4. The van der Waals surface area contributed by atoms with Crippen molar-refractivity contribution in [1.29, 1.82) is 0 Å². The predicted octanol–water partition coefficient (Wildman–Crippen LogP) is 3.98. The van der Waals surface area contributed by atoms with Crippen molar-refractivity contribution in [2.45, 2.75) is 52.2 Å². The second-order valence-electron chi connectivity index (χ2n) is 11.0. The standard InChI is InChI=1S/C34H32N2O9/c1-19-5-11-23(12-6-19)31(38)42-18-26-27(44-32(39)24-13-7-20(2)8-14-24)28(45-33(40)25-15-9-21(3)10-16-25)30(43-26)36-17-22(4)29(37)35-34(36)41/h5-17,26-28,30H,18H2,1-4H3,(H,35,37,41)/t26-,27+,28-,30-/m1/s1. The third-order valence-corrected chi connectivity index (χ3v) is 7.43. The SMILES string of the molecule is Cc1ccc(C(=O)OC[C@H]2O[C@@H](n3cc(C)c(=O)[nH]c3=O)[C@H](OC(=O)c3ccc(C)cc3)[C@H]2OC(=O)c2ccc(C)cc2)cc1. The number of nitrogens with zero attached hydrogens (tertiary/aromatic N) is 1. The summed E-state index contributed by atoms with van der Waals surface area (Å²) in [6.45, 7) is 6.70. The highest BCUT2D eigenvalue weighted by atomic mass is 16.7. The van der Waals surface area contributed by atoms with Crippen molar-refractivity contribution in [3.8, 4) is 0 Å². The minimum Gasteiger partial charge on any atom is -0.459 e. The van der Waals surface area contributed by atoms with Gasteiger partial charge in [-0.3, -0.25) is 14.3 Å². The van der Waals surface area contributed by atoms with E-state index in [0.29, 0.717) is 0 Å². The number of aromatic amines is 1. The highest BCUT2D eigenvalue weighted by Gasteiger charge is 2.51. The molecule has 3 aromatic carbocycles. The number of hydrogen-bond acceptors (Lipinski definition) is 9. The summed E-state index contributed by atoms with van der Waals surface area (Å²) in [5, 5.41) is 0. The number of ether oxygens (including phenoxy) is 4. The molecule has 1 aromatic heterocycles. The van der Waals surface area contributed by atoms with Crippen LogP contribution in [0.15, 0.2) is 88.6 Å². The molecule has 1 aliphatic rings. The number of carbonyl (C=O) groups is 3. The van der Waals surface area contributed by atoms with E-state index >= 15 is 0 Å². The largest absolute Gasteiger partial charge is 0.459 e. The lowest BCUT2D eigenvalue weighted by molar-refractivity contribution is -0.0640. The van der Waals surface area contributed by atoms with E-state index in [0.717, 1.165) is 21.3 Å². The molecule has 1 saturated heterocycles. The zero-order valence-electron chi connectivity index (χ0n) is 25.1. The van der Waals surface area contributed by atoms with Crippen molar-refractivity contribution in [2.75, 3.05) is 6.61 Å². The van der Waals surface area contributed by atoms with E-state index < -0.39 is 60.3 Å². The molecule has 0 spiro atoms. The van der Waals surface area contributed by atoms with Crippen LogP contribution in [0.3, 0.4) is 0 Å². The van der Waals surface area contributed by atoms with E-state index in [1.54, 1.807) is 72.8 Å². The molecule has 2 heterocycles. The van der Waals surface area contributed by atoms with Crippen LogP contribution in [0.1, 0.15) is 59.6 Å². The van der Waals surface area contributed by atoms with E-state index in [1.807, 2.05) is 20.8 Å². The maximum Gasteiger partial charge on any atom is 0.338 e. The van der Waals surface area contributed by atoms with Gasteiger partial charge < -0.3 is 18.9 Å². The molecule has 0 bridgehead atoms. The van der Waals surface area contributed by atoms with Crippen molar-refractivity contribution in [2.24, 2.45) is 0 Å². The third-order valence-electron chi connectivity index (χ3n) is 7.43. The first-order valence-corrected chi connectivity index (χ1v) is 14.3. The van der Waals surface area contributed by atoms with E-state index in [4.69, 9.17) is 18.9 Å². The highest BCUT2D eigenvalue weighted by Crippen LogP contribution is 2.35. The number of esters is 3. The van der Waals surface area contributed by atoms with Gasteiger partial charge in [-0.1, -0.05) is 53.1 Å². The van der Waals surface area contributed by atoms with Crippen LogP contribution in [0.25, 0.3) is 0 Å². The summed E-state index contributed by atoms with van der Waals surface area (Å²) in [7, 11) is 0. The van der Waals surface area contributed by atoms with Gasteiger partial charge in [0.1, 0.15) is 12.7 Å². The molecular weight excluding hydrogens is 580 g/mol. The third kappa shape index (κ3) is 7.10. The zero-order valence-corrected chi connectivity index (χ0v) is 25.1. The number of hydrogen-bond donors (Lipinski definition) is 1. The molecular formula is C34H32N2O9. The average Bonchev–Trinajstić information content (AvgIpc) is 3.34. The fraction of sp³-hybridized carbons (Fsp3) is 0.265. The second kappa shape index (κ2) is 13.1. The lowest BCUT2D eigenvalue weighted by Gasteiger charge is -2.25. The molecule has 0 radical (unpaired) electrons. The Hall–Kier alpha value is -5.29. The van der Waals surface area contributed by atoms with Crippen LogP contribution in [-0.4, -0.2) is 52.4 Å². The van der Waals surface area contributed by atoms with Gasteiger partial charge in [0.15, 0.2) is 18.4 Å². The minimum atomic E-state index is -1.39. The normalized spacial score (nSPS) is 19.1. The number of aromatic nitrogens is 2. The van der Waals surface area contributed by atoms with Crippen LogP contribution >= 0.6 is 0 Å². The number of nitrogens with one attached hydrogen (secondary N) is 1. The van der Waals surface area contributed by atoms with Crippen LogP contribution in [-0.2, 0) is 18.9 Å². The van der Waals surface area contributed by atoms with Crippen molar-refractivity contribution >= 4 is 17.9 Å². The fourth-order valence-corrected chi connectivity index (χ4v) is 4.80.